The van der Waals surface area contributed by atoms with Gasteiger partial charge in [-0.25, -0.2) is 0 Å². The number of amides is 2. The van der Waals surface area contributed by atoms with Gasteiger partial charge in [0.15, 0.2) is 0 Å². The SMILES string of the molecule is C[C@@H]1CCCCO[C@@H](CN(C)Cc2ccncc2)[C@H](C)CN([C@@H](C)CO)C(=O)c2cc(NC(=O)C3CCCCC3)ccc2O1. The molecule has 242 valence electrons. The first-order valence-electron chi connectivity index (χ1n) is 16.5. The normalized spacial score (nSPS) is 23.4. The van der Waals surface area contributed by atoms with Crippen molar-refractivity contribution in [3.63, 3.8) is 0 Å². The number of ether oxygens (including phenoxy) is 2. The molecule has 1 saturated carbocycles. The van der Waals surface area contributed by atoms with Crippen LogP contribution in [-0.2, 0) is 16.1 Å². The number of hydrogen-bond donors (Lipinski definition) is 2. The van der Waals surface area contributed by atoms with Crippen LogP contribution in [0, 0.1) is 11.8 Å². The number of benzene rings is 1. The van der Waals surface area contributed by atoms with Crippen LogP contribution in [0.2, 0.25) is 0 Å². The summed E-state index contributed by atoms with van der Waals surface area (Å²) >= 11 is 0. The monoisotopic (exact) mass is 608 g/mol. The van der Waals surface area contributed by atoms with E-state index in [1.165, 1.54) is 12.0 Å². The summed E-state index contributed by atoms with van der Waals surface area (Å²) in [5.41, 5.74) is 2.17. The van der Waals surface area contributed by atoms with Crippen molar-refractivity contribution in [2.45, 2.75) is 96.9 Å². The molecule has 0 spiro atoms. The fraction of sp³-hybridized carbons (Fsp3) is 0.629. The topological polar surface area (TPSA) is 104 Å². The van der Waals surface area contributed by atoms with Gasteiger partial charge < -0.3 is 24.8 Å². The third kappa shape index (κ3) is 9.74. The van der Waals surface area contributed by atoms with E-state index in [1.807, 2.05) is 32.0 Å². The van der Waals surface area contributed by atoms with Crippen molar-refractivity contribution in [1.29, 1.82) is 0 Å². The molecular formula is C35H52N4O5. The lowest BCUT2D eigenvalue weighted by atomic mass is 9.88. The summed E-state index contributed by atoms with van der Waals surface area (Å²) in [6.07, 6.45) is 11.2. The lowest BCUT2D eigenvalue weighted by Crippen LogP contribution is -2.47. The molecule has 0 unspecified atom stereocenters. The van der Waals surface area contributed by atoms with E-state index in [4.69, 9.17) is 9.47 Å². The Morgan fingerprint density at radius 2 is 1.82 bits per heavy atom. The van der Waals surface area contributed by atoms with Crippen LogP contribution in [0.4, 0.5) is 5.69 Å². The van der Waals surface area contributed by atoms with Crippen LogP contribution in [0.1, 0.15) is 88.1 Å². The number of carbonyl (C=O) groups excluding carboxylic acids is 2. The average Bonchev–Trinajstić information content (AvgIpc) is 3.03. The number of carbonyl (C=O) groups is 2. The highest BCUT2D eigenvalue weighted by Crippen LogP contribution is 2.30. The van der Waals surface area contributed by atoms with Gasteiger partial charge in [0.1, 0.15) is 5.75 Å². The van der Waals surface area contributed by atoms with Gasteiger partial charge in [-0.15, -0.1) is 0 Å². The van der Waals surface area contributed by atoms with E-state index < -0.39 is 6.04 Å². The van der Waals surface area contributed by atoms with Gasteiger partial charge in [-0.3, -0.25) is 19.5 Å². The number of likely N-dealkylation sites (N-methyl/N-ethyl adjacent to an activating group) is 1. The molecule has 1 aliphatic heterocycles. The Hall–Kier alpha value is -3.01. The van der Waals surface area contributed by atoms with Gasteiger partial charge in [-0.2, -0.15) is 0 Å². The summed E-state index contributed by atoms with van der Waals surface area (Å²) < 4.78 is 12.8. The second-order valence-corrected chi connectivity index (χ2v) is 12.9. The van der Waals surface area contributed by atoms with Crippen LogP contribution in [0.15, 0.2) is 42.7 Å². The summed E-state index contributed by atoms with van der Waals surface area (Å²) in [6.45, 7) is 8.33. The Morgan fingerprint density at radius 3 is 2.55 bits per heavy atom. The van der Waals surface area contributed by atoms with Crippen LogP contribution < -0.4 is 10.1 Å². The van der Waals surface area contributed by atoms with Crippen molar-refractivity contribution < 1.29 is 24.2 Å². The number of aliphatic hydroxyl groups excluding tert-OH is 1. The average molecular weight is 609 g/mol. The Balaban J connectivity index is 1.59. The molecule has 1 aliphatic carbocycles. The lowest BCUT2D eigenvalue weighted by Gasteiger charge is -2.36. The third-order valence-corrected chi connectivity index (χ3v) is 8.99. The summed E-state index contributed by atoms with van der Waals surface area (Å²) in [4.78, 5) is 35.5. The molecule has 1 fully saturated rings. The molecule has 9 nitrogen and oxygen atoms in total. The van der Waals surface area contributed by atoms with Gasteiger partial charge in [0.05, 0.1) is 30.4 Å². The summed E-state index contributed by atoms with van der Waals surface area (Å²) in [7, 11) is 2.08. The first-order valence-corrected chi connectivity index (χ1v) is 16.5. The molecule has 1 aromatic heterocycles. The molecule has 2 aromatic rings. The summed E-state index contributed by atoms with van der Waals surface area (Å²) in [6, 6.07) is 8.99. The molecule has 44 heavy (non-hydrogen) atoms. The Morgan fingerprint density at radius 1 is 1.09 bits per heavy atom. The van der Waals surface area contributed by atoms with Crippen molar-refractivity contribution in [2.24, 2.45) is 11.8 Å². The second kappa shape index (κ2) is 16.9. The summed E-state index contributed by atoms with van der Waals surface area (Å²) in [5.74, 6) is 0.286. The largest absolute Gasteiger partial charge is 0.490 e. The first kappa shape index (κ1) is 33.9. The van der Waals surface area contributed by atoms with E-state index in [2.05, 4.69) is 29.2 Å². The molecule has 2 aliphatic rings. The molecule has 2 amide bonds. The maximum atomic E-state index is 14.3. The predicted octanol–water partition coefficient (Wildman–Crippen LogP) is 5.53. The van der Waals surface area contributed by atoms with Crippen LogP contribution in [-0.4, -0.2) is 83.3 Å². The van der Waals surface area contributed by atoms with Gasteiger partial charge in [0.25, 0.3) is 5.91 Å². The molecule has 1 aromatic carbocycles. The smallest absolute Gasteiger partial charge is 0.258 e. The van der Waals surface area contributed by atoms with Crippen LogP contribution in [0.3, 0.4) is 0 Å². The number of nitrogens with zero attached hydrogens (tertiary/aromatic N) is 3. The van der Waals surface area contributed by atoms with Gasteiger partial charge >= 0.3 is 0 Å². The Bertz CT molecular complexity index is 1190. The Kier molecular flexibility index (Phi) is 13.0. The first-order chi connectivity index (χ1) is 21.2. The summed E-state index contributed by atoms with van der Waals surface area (Å²) in [5, 5.41) is 13.3. The molecule has 2 N–H and O–H groups in total. The van der Waals surface area contributed by atoms with E-state index in [0.717, 1.165) is 51.5 Å². The fourth-order valence-corrected chi connectivity index (χ4v) is 6.24. The van der Waals surface area contributed by atoms with Gasteiger partial charge in [-0.1, -0.05) is 26.2 Å². The standard InChI is InChI=1S/C35H52N4O5/c1-25-21-39(26(2)24-40)35(42)31-20-30(37-34(41)29-11-6-5-7-12-29)13-14-32(31)44-27(3)10-8-9-19-43-33(25)23-38(4)22-28-15-17-36-18-16-28/h13-18,20,25-27,29,33,40H,5-12,19,21-24H2,1-4H3,(H,37,41)/t25-,26+,27-,33+/m1/s1. The number of aromatic nitrogens is 1. The van der Waals surface area contributed by atoms with Crippen LogP contribution in [0.25, 0.3) is 0 Å². The van der Waals surface area contributed by atoms with Crippen molar-refractivity contribution in [3.05, 3.63) is 53.9 Å². The van der Waals surface area contributed by atoms with Gasteiger partial charge in [0.2, 0.25) is 5.91 Å². The van der Waals surface area contributed by atoms with Gasteiger partial charge in [0, 0.05) is 56.2 Å². The molecule has 4 rings (SSSR count). The zero-order chi connectivity index (χ0) is 31.5. The van der Waals surface area contributed by atoms with Crippen LogP contribution >= 0.6 is 0 Å². The molecule has 0 bridgehead atoms. The van der Waals surface area contributed by atoms with Crippen molar-refractivity contribution in [2.75, 3.05) is 38.7 Å². The highest BCUT2D eigenvalue weighted by atomic mass is 16.5. The van der Waals surface area contributed by atoms with Gasteiger partial charge in [-0.05, 0) is 88.9 Å². The minimum Gasteiger partial charge on any atom is -0.490 e. The highest BCUT2D eigenvalue weighted by Gasteiger charge is 2.31. The van der Waals surface area contributed by atoms with E-state index in [9.17, 15) is 14.7 Å². The number of hydrogen-bond acceptors (Lipinski definition) is 7. The number of rotatable bonds is 8. The molecular weight excluding hydrogens is 556 g/mol. The molecule has 2 heterocycles. The van der Waals surface area contributed by atoms with Crippen LogP contribution in [0.5, 0.6) is 5.75 Å². The minimum atomic E-state index is -0.418. The number of nitrogens with one attached hydrogen (secondary N) is 1. The third-order valence-electron chi connectivity index (χ3n) is 8.99. The zero-order valence-electron chi connectivity index (χ0n) is 27.0. The van der Waals surface area contributed by atoms with E-state index >= 15 is 0 Å². The van der Waals surface area contributed by atoms with Crippen molar-refractivity contribution in [1.82, 2.24) is 14.8 Å². The molecule has 0 saturated heterocycles. The highest BCUT2D eigenvalue weighted by molar-refractivity contribution is 6.00. The maximum Gasteiger partial charge on any atom is 0.258 e. The maximum absolute atomic E-state index is 14.3. The number of anilines is 1. The van der Waals surface area contributed by atoms with E-state index in [1.54, 1.807) is 29.4 Å². The number of fused-ring (bicyclic) bond motifs is 1. The number of pyridine rings is 1. The second-order valence-electron chi connectivity index (χ2n) is 12.9. The Labute approximate surface area is 263 Å². The molecule has 0 radical (unpaired) electrons. The quantitative estimate of drug-likeness (QED) is 0.406. The van der Waals surface area contributed by atoms with Crippen molar-refractivity contribution >= 4 is 17.5 Å². The van der Waals surface area contributed by atoms with Crippen molar-refractivity contribution in [3.8, 4) is 5.75 Å². The van der Waals surface area contributed by atoms with E-state index in [-0.39, 0.29) is 42.5 Å². The molecule has 4 atom stereocenters. The predicted molar refractivity (Wildman–Crippen MR) is 173 cm³/mol. The lowest BCUT2D eigenvalue weighted by molar-refractivity contribution is -0.120. The zero-order valence-corrected chi connectivity index (χ0v) is 27.0. The number of aliphatic hydroxyl groups is 1. The fourth-order valence-electron chi connectivity index (χ4n) is 6.24. The minimum absolute atomic E-state index is 0.00442. The molecule has 9 heteroatoms. The van der Waals surface area contributed by atoms with E-state index in [0.29, 0.717) is 36.7 Å².